The van der Waals surface area contributed by atoms with Crippen molar-refractivity contribution >= 4 is 5.91 Å². The minimum Gasteiger partial charge on any atom is -0.381 e. The third kappa shape index (κ3) is 3.79. The molecule has 5 fully saturated rings. The van der Waals surface area contributed by atoms with Crippen LogP contribution in [-0.2, 0) is 9.53 Å². The van der Waals surface area contributed by atoms with Gasteiger partial charge >= 0.3 is 0 Å². The molecule has 0 bridgehead atoms. The molecule has 1 amide bonds. The summed E-state index contributed by atoms with van der Waals surface area (Å²) in [5.41, 5.74) is 1.95. The van der Waals surface area contributed by atoms with Gasteiger partial charge in [-0.3, -0.25) is 4.79 Å². The highest BCUT2D eigenvalue weighted by Gasteiger charge is 2.58. The van der Waals surface area contributed by atoms with Crippen molar-refractivity contribution in [3.8, 4) is 0 Å². The highest BCUT2D eigenvalue weighted by Crippen LogP contribution is 2.51. The van der Waals surface area contributed by atoms with Gasteiger partial charge in [-0.05, 0) is 93.8 Å². The number of carbonyl (C=O) groups excluding carboxylic acids is 1. The molecule has 1 aromatic rings. The van der Waals surface area contributed by atoms with Crippen LogP contribution in [0.15, 0.2) is 24.3 Å². The van der Waals surface area contributed by atoms with E-state index in [2.05, 4.69) is 29.2 Å². The molecule has 1 aromatic carbocycles. The molecule has 0 aromatic heterocycles. The molecule has 6 rings (SSSR count). The van der Waals surface area contributed by atoms with E-state index in [1.54, 1.807) is 16.0 Å². The Morgan fingerprint density at radius 1 is 0.906 bits per heavy atom. The summed E-state index contributed by atoms with van der Waals surface area (Å²) in [6.07, 6.45) is 9.32. The maximum absolute atomic E-state index is 14.1. The Labute approximate surface area is 191 Å². The summed E-state index contributed by atoms with van der Waals surface area (Å²) in [6.45, 7) is 5.76. The number of hydrogen-bond donors (Lipinski definition) is 0. The van der Waals surface area contributed by atoms with Gasteiger partial charge in [0.2, 0.25) is 0 Å². The number of piperidine rings is 1. The molecular formula is C27H37FN2O2. The largest absolute Gasteiger partial charge is 0.381 e. The third-order valence-corrected chi connectivity index (χ3v) is 9.23. The lowest BCUT2D eigenvalue weighted by atomic mass is 9.77. The fourth-order valence-electron chi connectivity index (χ4n) is 7.13. The standard InChI is InChI=1S/C27H37FN2O2/c28-27(11-12-27)25(31)30-18-26(19-30)10-5-22(17-26)29-13-6-20(7-14-29)23-3-1-2-4-24(23)21-8-15-32-16-9-21/h1-4,20-22H,5-19H2/t22-/m0/s1. The molecule has 3 heterocycles. The van der Waals surface area contributed by atoms with Gasteiger partial charge in [0.15, 0.2) is 5.67 Å². The molecule has 0 N–H and O–H groups in total. The number of nitrogens with zero attached hydrogens (tertiary/aromatic N) is 2. The Morgan fingerprint density at radius 3 is 2.16 bits per heavy atom. The fourth-order valence-corrected chi connectivity index (χ4v) is 7.13. The maximum Gasteiger partial charge on any atom is 0.260 e. The van der Waals surface area contributed by atoms with Gasteiger partial charge in [0.05, 0.1) is 0 Å². The average molecular weight is 441 g/mol. The predicted molar refractivity (Wildman–Crippen MR) is 123 cm³/mol. The highest BCUT2D eigenvalue weighted by molar-refractivity contribution is 5.88. The van der Waals surface area contributed by atoms with Crippen molar-refractivity contribution in [1.82, 2.24) is 9.80 Å². The van der Waals surface area contributed by atoms with Crippen LogP contribution in [0.3, 0.4) is 0 Å². The van der Waals surface area contributed by atoms with Gasteiger partial charge < -0.3 is 14.5 Å². The molecule has 3 aliphatic heterocycles. The van der Waals surface area contributed by atoms with Crippen molar-refractivity contribution in [2.24, 2.45) is 5.41 Å². The number of benzene rings is 1. The van der Waals surface area contributed by atoms with E-state index in [1.807, 2.05) is 0 Å². The first-order valence-corrected chi connectivity index (χ1v) is 12.9. The third-order valence-electron chi connectivity index (χ3n) is 9.23. The molecule has 32 heavy (non-hydrogen) atoms. The number of amides is 1. The van der Waals surface area contributed by atoms with E-state index in [0.717, 1.165) is 39.1 Å². The first kappa shape index (κ1) is 21.1. The number of carbonyl (C=O) groups is 1. The molecule has 1 atom stereocenters. The SMILES string of the molecule is O=C(N1CC2(CC[C@H](N3CCC(c4ccccc4C4CCOCC4)CC3)C2)C1)C1(F)CC1. The van der Waals surface area contributed by atoms with Gasteiger partial charge in [-0.2, -0.15) is 0 Å². The normalized spacial score (nSPS) is 30.4. The second-order valence-corrected chi connectivity index (χ2v) is 11.3. The lowest BCUT2D eigenvalue weighted by molar-refractivity contribution is -0.150. The predicted octanol–water partition coefficient (Wildman–Crippen LogP) is 4.64. The van der Waals surface area contributed by atoms with Gasteiger partial charge in [-0.25, -0.2) is 4.39 Å². The zero-order chi connectivity index (χ0) is 21.8. The number of halogens is 1. The van der Waals surface area contributed by atoms with Crippen LogP contribution in [0.1, 0.15) is 80.8 Å². The number of ether oxygens (including phenoxy) is 1. The van der Waals surface area contributed by atoms with E-state index in [0.29, 0.717) is 30.7 Å². The molecule has 2 aliphatic carbocycles. The first-order chi connectivity index (χ1) is 15.6. The van der Waals surface area contributed by atoms with E-state index < -0.39 is 5.67 Å². The molecule has 5 aliphatic rings. The van der Waals surface area contributed by atoms with Gasteiger partial charge in [0.25, 0.3) is 5.91 Å². The second-order valence-electron chi connectivity index (χ2n) is 11.3. The minimum atomic E-state index is -1.50. The summed E-state index contributed by atoms with van der Waals surface area (Å²) in [5.74, 6) is 1.11. The molecule has 0 radical (unpaired) electrons. The van der Waals surface area contributed by atoms with Gasteiger partial charge in [-0.1, -0.05) is 24.3 Å². The van der Waals surface area contributed by atoms with E-state index >= 15 is 0 Å². The Hall–Kier alpha value is -1.46. The van der Waals surface area contributed by atoms with Crippen LogP contribution in [-0.4, -0.2) is 66.8 Å². The van der Waals surface area contributed by atoms with Crippen LogP contribution in [0, 0.1) is 5.41 Å². The van der Waals surface area contributed by atoms with E-state index in [9.17, 15) is 9.18 Å². The van der Waals surface area contributed by atoms with Crippen LogP contribution < -0.4 is 0 Å². The van der Waals surface area contributed by atoms with Crippen molar-refractivity contribution < 1.29 is 13.9 Å². The van der Waals surface area contributed by atoms with Crippen molar-refractivity contribution in [2.45, 2.75) is 81.3 Å². The Morgan fingerprint density at radius 2 is 1.53 bits per heavy atom. The van der Waals surface area contributed by atoms with Crippen molar-refractivity contribution in [1.29, 1.82) is 0 Å². The van der Waals surface area contributed by atoms with Crippen molar-refractivity contribution in [3.63, 3.8) is 0 Å². The Kier molecular flexibility index (Phi) is 5.33. The molecule has 1 spiro atoms. The maximum atomic E-state index is 14.1. The number of rotatable bonds is 4. The van der Waals surface area contributed by atoms with Crippen molar-refractivity contribution in [2.75, 3.05) is 39.4 Å². The zero-order valence-corrected chi connectivity index (χ0v) is 19.2. The van der Waals surface area contributed by atoms with Crippen LogP contribution in [0.25, 0.3) is 0 Å². The highest BCUT2D eigenvalue weighted by atomic mass is 19.1. The van der Waals surface area contributed by atoms with Crippen LogP contribution in [0.2, 0.25) is 0 Å². The van der Waals surface area contributed by atoms with E-state index in [-0.39, 0.29) is 11.3 Å². The van der Waals surface area contributed by atoms with Crippen LogP contribution in [0.5, 0.6) is 0 Å². The lowest BCUT2D eigenvalue weighted by Gasteiger charge is -2.49. The van der Waals surface area contributed by atoms with E-state index in [4.69, 9.17) is 4.74 Å². The number of hydrogen-bond acceptors (Lipinski definition) is 3. The summed E-state index contributed by atoms with van der Waals surface area (Å²) in [5, 5.41) is 0. The Balaban J connectivity index is 1.04. The quantitative estimate of drug-likeness (QED) is 0.684. The molecule has 4 nitrogen and oxygen atoms in total. The topological polar surface area (TPSA) is 32.8 Å². The van der Waals surface area contributed by atoms with Crippen LogP contribution in [0.4, 0.5) is 4.39 Å². The second kappa shape index (κ2) is 8.09. The molecular weight excluding hydrogens is 403 g/mol. The number of alkyl halides is 1. The monoisotopic (exact) mass is 440 g/mol. The molecule has 2 saturated carbocycles. The molecule has 0 unspecified atom stereocenters. The summed E-state index contributed by atoms with van der Waals surface area (Å²) < 4.78 is 19.7. The summed E-state index contributed by atoms with van der Waals surface area (Å²) in [4.78, 5) is 16.8. The minimum absolute atomic E-state index is 0.226. The van der Waals surface area contributed by atoms with Gasteiger partial charge in [0.1, 0.15) is 0 Å². The Bertz CT molecular complexity index is 849. The smallest absolute Gasteiger partial charge is 0.260 e. The molecule has 3 saturated heterocycles. The zero-order valence-electron chi connectivity index (χ0n) is 19.2. The fraction of sp³-hybridized carbons (Fsp3) is 0.741. The van der Waals surface area contributed by atoms with Gasteiger partial charge in [-0.15, -0.1) is 0 Å². The summed E-state index contributed by atoms with van der Waals surface area (Å²) >= 11 is 0. The van der Waals surface area contributed by atoms with Crippen LogP contribution >= 0.6 is 0 Å². The molecule has 5 heteroatoms. The summed E-state index contributed by atoms with van der Waals surface area (Å²) in [7, 11) is 0. The average Bonchev–Trinajstić information content (AvgIpc) is 3.41. The first-order valence-electron chi connectivity index (χ1n) is 12.9. The van der Waals surface area contributed by atoms with Crippen molar-refractivity contribution in [3.05, 3.63) is 35.4 Å². The van der Waals surface area contributed by atoms with E-state index in [1.165, 1.54) is 45.2 Å². The van der Waals surface area contributed by atoms with Gasteiger partial charge in [0, 0.05) is 37.8 Å². The summed E-state index contributed by atoms with van der Waals surface area (Å²) in [6, 6.07) is 9.83. The number of likely N-dealkylation sites (tertiary alicyclic amines) is 2. The lowest BCUT2D eigenvalue weighted by Crippen LogP contribution is -2.60. The molecule has 174 valence electrons.